The summed E-state index contributed by atoms with van der Waals surface area (Å²) >= 11 is 0. The summed E-state index contributed by atoms with van der Waals surface area (Å²) in [7, 11) is 0. The molecule has 0 radical (unpaired) electrons. The molecule has 0 saturated heterocycles. The van der Waals surface area contributed by atoms with Gasteiger partial charge in [-0.2, -0.15) is 0 Å². The van der Waals surface area contributed by atoms with Crippen LogP contribution in [0.3, 0.4) is 0 Å². The van der Waals surface area contributed by atoms with Crippen molar-refractivity contribution in [2.24, 2.45) is 17.1 Å². The summed E-state index contributed by atoms with van der Waals surface area (Å²) in [5.74, 6) is 1.35. The Balaban J connectivity index is 2.04. The highest BCUT2D eigenvalue weighted by Gasteiger charge is 2.43. The second-order valence-corrected chi connectivity index (χ2v) is 6.66. The van der Waals surface area contributed by atoms with Gasteiger partial charge in [0.25, 0.3) is 0 Å². The molecule has 0 bridgehead atoms. The van der Waals surface area contributed by atoms with Crippen molar-refractivity contribution in [3.63, 3.8) is 0 Å². The Labute approximate surface area is 118 Å². The standard InChI is InChI=1S/C16H22FN3/c1-9-12(18)8-7-10(16(9,2)3)15-19-13-6-4-5-11(17)14(13)20-15/h4-6,9-10,12H,7-8,18H2,1-3H3,(H,19,20). The SMILES string of the molecule is CC1C(N)CCC(c2nc3c(F)cccc3[nH]2)C1(C)C. The van der Waals surface area contributed by atoms with E-state index in [0.29, 0.717) is 17.4 Å². The third kappa shape index (κ3) is 1.94. The van der Waals surface area contributed by atoms with Crippen molar-refractivity contribution in [3.8, 4) is 0 Å². The number of rotatable bonds is 1. The van der Waals surface area contributed by atoms with Crippen molar-refractivity contribution < 1.29 is 4.39 Å². The Morgan fingerprint density at radius 3 is 2.80 bits per heavy atom. The summed E-state index contributed by atoms with van der Waals surface area (Å²) in [6, 6.07) is 5.28. The highest BCUT2D eigenvalue weighted by atomic mass is 19.1. The minimum absolute atomic E-state index is 0.0576. The summed E-state index contributed by atoms with van der Waals surface area (Å²) in [5, 5.41) is 0. The number of nitrogens with two attached hydrogens (primary N) is 1. The molecule has 1 aliphatic carbocycles. The van der Waals surface area contributed by atoms with Gasteiger partial charge >= 0.3 is 0 Å². The predicted octanol–water partition coefficient (Wildman–Crippen LogP) is 3.57. The zero-order chi connectivity index (χ0) is 14.5. The number of hydrogen-bond acceptors (Lipinski definition) is 2. The topological polar surface area (TPSA) is 54.7 Å². The van der Waals surface area contributed by atoms with Crippen molar-refractivity contribution in [1.82, 2.24) is 9.97 Å². The zero-order valence-electron chi connectivity index (χ0n) is 12.3. The highest BCUT2D eigenvalue weighted by Crippen LogP contribution is 2.49. The first-order chi connectivity index (χ1) is 9.41. The maximum atomic E-state index is 13.8. The molecule has 0 spiro atoms. The molecule has 1 saturated carbocycles. The molecule has 2 aromatic rings. The van der Waals surface area contributed by atoms with E-state index < -0.39 is 0 Å². The van der Waals surface area contributed by atoms with Crippen LogP contribution in [0.4, 0.5) is 4.39 Å². The number of halogens is 1. The Hall–Kier alpha value is -1.42. The molecular weight excluding hydrogens is 253 g/mol. The average Bonchev–Trinajstić information content (AvgIpc) is 2.81. The van der Waals surface area contributed by atoms with Crippen LogP contribution in [-0.2, 0) is 0 Å². The molecule has 1 aliphatic rings. The molecule has 3 unspecified atom stereocenters. The van der Waals surface area contributed by atoms with Crippen LogP contribution >= 0.6 is 0 Å². The number of benzene rings is 1. The third-order valence-electron chi connectivity index (χ3n) is 5.31. The second-order valence-electron chi connectivity index (χ2n) is 6.66. The number of aromatic amines is 1. The van der Waals surface area contributed by atoms with Gasteiger partial charge in [-0.25, -0.2) is 9.37 Å². The van der Waals surface area contributed by atoms with Crippen molar-refractivity contribution in [3.05, 3.63) is 29.8 Å². The third-order valence-corrected chi connectivity index (χ3v) is 5.31. The maximum Gasteiger partial charge on any atom is 0.151 e. The van der Waals surface area contributed by atoms with E-state index in [4.69, 9.17) is 5.73 Å². The highest BCUT2D eigenvalue weighted by molar-refractivity contribution is 5.75. The predicted molar refractivity (Wildman–Crippen MR) is 78.9 cm³/mol. The van der Waals surface area contributed by atoms with Crippen LogP contribution < -0.4 is 5.73 Å². The van der Waals surface area contributed by atoms with Crippen LogP contribution in [0.1, 0.15) is 45.4 Å². The number of nitrogens with zero attached hydrogens (tertiary/aromatic N) is 1. The summed E-state index contributed by atoms with van der Waals surface area (Å²) in [5.41, 5.74) is 7.48. The minimum atomic E-state index is -0.261. The van der Waals surface area contributed by atoms with Crippen LogP contribution in [0.5, 0.6) is 0 Å². The second kappa shape index (κ2) is 4.55. The normalized spacial score (nSPS) is 29.8. The molecule has 1 heterocycles. The van der Waals surface area contributed by atoms with Crippen molar-refractivity contribution in [1.29, 1.82) is 0 Å². The molecule has 108 valence electrons. The number of hydrogen-bond donors (Lipinski definition) is 2. The number of H-pyrrole nitrogens is 1. The molecule has 3 N–H and O–H groups in total. The molecule has 0 aliphatic heterocycles. The number of para-hydroxylation sites is 1. The quantitative estimate of drug-likeness (QED) is 0.836. The van der Waals surface area contributed by atoms with Gasteiger partial charge in [-0.1, -0.05) is 26.8 Å². The summed E-state index contributed by atoms with van der Waals surface area (Å²) < 4.78 is 13.8. The van der Waals surface area contributed by atoms with E-state index in [0.717, 1.165) is 24.2 Å². The summed E-state index contributed by atoms with van der Waals surface area (Å²) in [6.07, 6.45) is 1.99. The van der Waals surface area contributed by atoms with Crippen LogP contribution in [0.2, 0.25) is 0 Å². The summed E-state index contributed by atoms with van der Waals surface area (Å²) in [6.45, 7) is 6.69. The Bertz CT molecular complexity index is 632. The molecule has 1 aromatic carbocycles. The zero-order valence-corrected chi connectivity index (χ0v) is 12.3. The van der Waals surface area contributed by atoms with E-state index in [2.05, 4.69) is 30.7 Å². The monoisotopic (exact) mass is 275 g/mol. The largest absolute Gasteiger partial charge is 0.342 e. The first kappa shape index (κ1) is 13.6. The number of imidazole rings is 1. The smallest absolute Gasteiger partial charge is 0.151 e. The molecule has 0 amide bonds. The summed E-state index contributed by atoms with van der Waals surface area (Å²) in [4.78, 5) is 7.82. The molecule has 1 fully saturated rings. The van der Waals surface area contributed by atoms with Crippen LogP contribution in [-0.4, -0.2) is 16.0 Å². The van der Waals surface area contributed by atoms with Crippen molar-refractivity contribution >= 4 is 11.0 Å². The van der Waals surface area contributed by atoms with Gasteiger partial charge in [0, 0.05) is 12.0 Å². The van der Waals surface area contributed by atoms with Gasteiger partial charge in [-0.05, 0) is 36.3 Å². The van der Waals surface area contributed by atoms with Crippen molar-refractivity contribution in [2.75, 3.05) is 0 Å². The van der Waals surface area contributed by atoms with Gasteiger partial charge in [0.15, 0.2) is 5.82 Å². The number of aromatic nitrogens is 2. The van der Waals surface area contributed by atoms with E-state index in [1.165, 1.54) is 6.07 Å². The van der Waals surface area contributed by atoms with E-state index in [9.17, 15) is 4.39 Å². The Kier molecular flexibility index (Phi) is 3.09. The van der Waals surface area contributed by atoms with E-state index in [1.807, 2.05) is 6.07 Å². The first-order valence-electron chi connectivity index (χ1n) is 7.31. The van der Waals surface area contributed by atoms with E-state index in [-0.39, 0.29) is 17.3 Å². The van der Waals surface area contributed by atoms with Gasteiger partial charge in [0.1, 0.15) is 11.3 Å². The van der Waals surface area contributed by atoms with Crippen LogP contribution in [0, 0.1) is 17.2 Å². The Morgan fingerprint density at radius 1 is 1.35 bits per heavy atom. The lowest BCUT2D eigenvalue weighted by molar-refractivity contribution is 0.0954. The van der Waals surface area contributed by atoms with Gasteiger partial charge in [-0.3, -0.25) is 0 Å². The lowest BCUT2D eigenvalue weighted by atomic mass is 9.61. The lowest BCUT2D eigenvalue weighted by Crippen LogP contribution is -2.46. The number of nitrogens with one attached hydrogen (secondary N) is 1. The van der Waals surface area contributed by atoms with Crippen LogP contribution in [0.25, 0.3) is 11.0 Å². The van der Waals surface area contributed by atoms with Crippen molar-refractivity contribution in [2.45, 2.75) is 45.6 Å². The maximum absolute atomic E-state index is 13.8. The fourth-order valence-corrected chi connectivity index (χ4v) is 3.52. The minimum Gasteiger partial charge on any atom is -0.342 e. The van der Waals surface area contributed by atoms with Gasteiger partial charge in [0.2, 0.25) is 0 Å². The fourth-order valence-electron chi connectivity index (χ4n) is 3.52. The molecular formula is C16H22FN3. The molecule has 3 rings (SSSR count). The Morgan fingerprint density at radius 2 is 2.10 bits per heavy atom. The first-order valence-corrected chi connectivity index (χ1v) is 7.31. The lowest BCUT2D eigenvalue weighted by Gasteiger charge is -2.46. The van der Waals surface area contributed by atoms with Crippen LogP contribution in [0.15, 0.2) is 18.2 Å². The molecule has 3 atom stereocenters. The molecule has 3 nitrogen and oxygen atoms in total. The van der Waals surface area contributed by atoms with E-state index >= 15 is 0 Å². The van der Waals surface area contributed by atoms with Gasteiger partial charge < -0.3 is 10.7 Å². The van der Waals surface area contributed by atoms with Gasteiger partial charge in [-0.15, -0.1) is 0 Å². The molecule has 4 heteroatoms. The van der Waals surface area contributed by atoms with E-state index in [1.54, 1.807) is 6.07 Å². The van der Waals surface area contributed by atoms with Gasteiger partial charge in [0.05, 0.1) is 5.52 Å². The molecule has 20 heavy (non-hydrogen) atoms. The molecule has 1 aromatic heterocycles. The average molecular weight is 275 g/mol. The fraction of sp³-hybridized carbons (Fsp3) is 0.562. The number of fused-ring (bicyclic) bond motifs is 1.